The number of aromatic nitrogens is 3. The van der Waals surface area contributed by atoms with E-state index in [9.17, 15) is 9.59 Å². The van der Waals surface area contributed by atoms with Gasteiger partial charge in [0.1, 0.15) is 0 Å². The van der Waals surface area contributed by atoms with Crippen LogP contribution in [0.2, 0.25) is 0 Å². The summed E-state index contributed by atoms with van der Waals surface area (Å²) < 4.78 is 2.04. The van der Waals surface area contributed by atoms with Gasteiger partial charge in [-0.1, -0.05) is 0 Å². The van der Waals surface area contributed by atoms with E-state index in [4.69, 9.17) is 0 Å². The molecule has 0 bridgehead atoms. The van der Waals surface area contributed by atoms with Crippen molar-refractivity contribution in [2.75, 3.05) is 26.2 Å². The minimum Gasteiger partial charge on any atom is -0.337 e. The molecule has 2 saturated heterocycles. The number of ketones is 1. The van der Waals surface area contributed by atoms with Gasteiger partial charge in [0.25, 0.3) is 5.91 Å². The Balaban J connectivity index is 1.37. The van der Waals surface area contributed by atoms with E-state index < -0.39 is 0 Å². The van der Waals surface area contributed by atoms with Crippen molar-refractivity contribution < 1.29 is 9.59 Å². The number of imidazole rings is 1. The molecule has 3 aromatic heterocycles. The number of likely N-dealkylation sites (tertiary alicyclic amines) is 2. The Labute approximate surface area is 179 Å². The number of nitrogens with zero attached hydrogens (tertiary/aromatic N) is 5. The summed E-state index contributed by atoms with van der Waals surface area (Å²) in [6.45, 7) is 3.88. The summed E-state index contributed by atoms with van der Waals surface area (Å²) in [5.41, 5.74) is 2.20. The van der Waals surface area contributed by atoms with Gasteiger partial charge in [0, 0.05) is 61.6 Å². The van der Waals surface area contributed by atoms with Crippen LogP contribution in [0, 0.1) is 5.92 Å². The smallest absolute Gasteiger partial charge is 0.274 e. The molecule has 8 heteroatoms. The van der Waals surface area contributed by atoms with Gasteiger partial charge in [-0.2, -0.15) is 0 Å². The molecule has 156 valence electrons. The summed E-state index contributed by atoms with van der Waals surface area (Å²) in [7, 11) is 0. The van der Waals surface area contributed by atoms with Gasteiger partial charge in [0.05, 0.1) is 5.69 Å². The number of piperidine rings is 1. The fourth-order valence-electron chi connectivity index (χ4n) is 4.59. The largest absolute Gasteiger partial charge is 0.337 e. The number of carbonyl (C=O) groups excluding carboxylic acids is 2. The van der Waals surface area contributed by atoms with E-state index in [1.807, 2.05) is 33.0 Å². The molecule has 0 spiro atoms. The Morgan fingerprint density at radius 1 is 1.17 bits per heavy atom. The third-order valence-electron chi connectivity index (χ3n) is 6.15. The first-order chi connectivity index (χ1) is 14.7. The van der Waals surface area contributed by atoms with Crippen molar-refractivity contribution in [3.63, 3.8) is 0 Å². The van der Waals surface area contributed by atoms with Gasteiger partial charge < -0.3 is 4.90 Å². The Kier molecular flexibility index (Phi) is 5.35. The zero-order valence-corrected chi connectivity index (χ0v) is 17.7. The van der Waals surface area contributed by atoms with Crippen LogP contribution in [0.25, 0.3) is 4.96 Å². The molecule has 0 saturated carbocycles. The molecule has 0 unspecified atom stereocenters. The summed E-state index contributed by atoms with van der Waals surface area (Å²) in [5, 5.41) is 2.00. The van der Waals surface area contributed by atoms with Crippen LogP contribution in [0.5, 0.6) is 0 Å². The molecule has 2 aliphatic heterocycles. The quantitative estimate of drug-likeness (QED) is 0.590. The number of Topliss-reactive ketones (excluding diaryl/α,β-unsaturated/α-hetero) is 1. The Morgan fingerprint density at radius 3 is 2.83 bits per heavy atom. The number of thiazole rings is 1. The monoisotopic (exact) mass is 423 g/mol. The number of carbonyl (C=O) groups is 2. The number of hydrogen-bond acceptors (Lipinski definition) is 6. The lowest BCUT2D eigenvalue weighted by Crippen LogP contribution is -2.39. The van der Waals surface area contributed by atoms with Crippen molar-refractivity contribution >= 4 is 28.0 Å². The lowest BCUT2D eigenvalue weighted by atomic mass is 9.90. The molecule has 7 nitrogen and oxygen atoms in total. The molecule has 5 rings (SSSR count). The Morgan fingerprint density at radius 2 is 2.03 bits per heavy atom. The van der Waals surface area contributed by atoms with E-state index in [1.54, 1.807) is 23.7 Å². The first kappa shape index (κ1) is 19.4. The normalized spacial score (nSPS) is 20.1. The van der Waals surface area contributed by atoms with Gasteiger partial charge in [-0.05, 0) is 44.4 Å². The second-order valence-corrected chi connectivity index (χ2v) is 9.02. The molecule has 0 aliphatic carbocycles. The van der Waals surface area contributed by atoms with Crippen LogP contribution in [-0.2, 0) is 6.54 Å². The first-order valence-corrected chi connectivity index (χ1v) is 11.5. The summed E-state index contributed by atoms with van der Waals surface area (Å²) in [4.78, 5) is 39.9. The minimum atomic E-state index is -0.0356. The highest BCUT2D eigenvalue weighted by atomic mass is 32.1. The average molecular weight is 424 g/mol. The highest BCUT2D eigenvalue weighted by Crippen LogP contribution is 2.26. The van der Waals surface area contributed by atoms with E-state index in [0.29, 0.717) is 24.3 Å². The van der Waals surface area contributed by atoms with Crippen molar-refractivity contribution in [2.24, 2.45) is 5.92 Å². The van der Waals surface area contributed by atoms with E-state index in [-0.39, 0.29) is 17.6 Å². The van der Waals surface area contributed by atoms with E-state index in [0.717, 1.165) is 56.0 Å². The molecular weight excluding hydrogens is 398 g/mol. The van der Waals surface area contributed by atoms with Gasteiger partial charge >= 0.3 is 0 Å². The van der Waals surface area contributed by atoms with E-state index in [2.05, 4.69) is 14.9 Å². The Bertz CT molecular complexity index is 1050. The van der Waals surface area contributed by atoms with Crippen LogP contribution in [0.4, 0.5) is 0 Å². The zero-order chi connectivity index (χ0) is 20.5. The van der Waals surface area contributed by atoms with Crippen molar-refractivity contribution in [1.82, 2.24) is 24.2 Å². The third-order valence-corrected chi connectivity index (χ3v) is 6.91. The molecule has 0 N–H and O–H groups in total. The third kappa shape index (κ3) is 3.65. The van der Waals surface area contributed by atoms with Gasteiger partial charge in [-0.3, -0.25) is 23.9 Å². The summed E-state index contributed by atoms with van der Waals surface area (Å²) in [6.07, 6.45) is 9.32. The summed E-state index contributed by atoms with van der Waals surface area (Å²) in [6, 6.07) is 3.65. The fraction of sp³-hybridized carbons (Fsp3) is 0.455. The van der Waals surface area contributed by atoms with Crippen LogP contribution in [0.3, 0.4) is 0 Å². The van der Waals surface area contributed by atoms with Crippen molar-refractivity contribution in [3.8, 4) is 0 Å². The first-order valence-electron chi connectivity index (χ1n) is 10.6. The molecule has 1 amide bonds. The fourth-order valence-corrected chi connectivity index (χ4v) is 5.33. The summed E-state index contributed by atoms with van der Waals surface area (Å²) in [5.74, 6) is 0.167. The highest BCUT2D eigenvalue weighted by Gasteiger charge is 2.30. The molecule has 3 aromatic rings. The highest BCUT2D eigenvalue weighted by molar-refractivity contribution is 7.15. The van der Waals surface area contributed by atoms with Crippen molar-refractivity contribution in [2.45, 2.75) is 32.2 Å². The zero-order valence-electron chi connectivity index (χ0n) is 16.9. The SMILES string of the molecule is O=C(c1cccnc1)[C@H]1CCCN(Cc2c(C(=O)N3CCCC3)nc3sccn23)C1. The van der Waals surface area contributed by atoms with Crippen LogP contribution < -0.4 is 0 Å². The number of pyridine rings is 1. The second kappa shape index (κ2) is 8.28. The maximum atomic E-state index is 13.1. The number of fused-ring (bicyclic) bond motifs is 1. The van der Waals surface area contributed by atoms with Crippen LogP contribution >= 0.6 is 11.3 Å². The number of hydrogen-bond donors (Lipinski definition) is 0. The molecule has 2 fully saturated rings. The molecule has 0 radical (unpaired) electrons. The second-order valence-electron chi connectivity index (χ2n) is 8.14. The molecule has 0 aromatic carbocycles. The molecular formula is C22H25N5O2S. The standard InChI is InChI=1S/C22H25N5O2S/c28-20(16-5-3-7-23-13-16)17-6-4-8-25(14-17)15-18-19(21(29)26-9-1-2-10-26)24-22-27(18)11-12-30-22/h3,5,7,11-13,17H,1-2,4,6,8-10,14-15H2/t17-/m0/s1. The number of rotatable bonds is 5. The van der Waals surface area contributed by atoms with Gasteiger partial charge in [-0.25, -0.2) is 4.98 Å². The van der Waals surface area contributed by atoms with Crippen molar-refractivity contribution in [1.29, 1.82) is 0 Å². The molecule has 30 heavy (non-hydrogen) atoms. The maximum Gasteiger partial charge on any atom is 0.274 e. The molecule has 5 heterocycles. The van der Waals surface area contributed by atoms with Gasteiger partial charge in [0.2, 0.25) is 0 Å². The molecule has 1 atom stereocenters. The minimum absolute atomic E-state index is 0.0356. The van der Waals surface area contributed by atoms with Crippen LogP contribution in [0.1, 0.15) is 52.2 Å². The van der Waals surface area contributed by atoms with Crippen molar-refractivity contribution in [3.05, 3.63) is 53.1 Å². The van der Waals surface area contributed by atoms with Gasteiger partial charge in [0.15, 0.2) is 16.4 Å². The summed E-state index contributed by atoms with van der Waals surface area (Å²) >= 11 is 1.55. The van der Waals surface area contributed by atoms with Gasteiger partial charge in [-0.15, -0.1) is 11.3 Å². The topological polar surface area (TPSA) is 70.8 Å². The predicted molar refractivity (Wildman–Crippen MR) is 115 cm³/mol. The van der Waals surface area contributed by atoms with E-state index in [1.165, 1.54) is 0 Å². The van der Waals surface area contributed by atoms with E-state index >= 15 is 0 Å². The Hall–Kier alpha value is -2.58. The predicted octanol–water partition coefficient (Wildman–Crippen LogP) is 3.12. The van der Waals surface area contributed by atoms with Crippen LogP contribution in [-0.4, -0.2) is 62.0 Å². The molecule has 2 aliphatic rings. The maximum absolute atomic E-state index is 13.1. The lowest BCUT2D eigenvalue weighted by molar-refractivity contribution is 0.0771. The number of amides is 1. The average Bonchev–Trinajstić information content (AvgIpc) is 3.53. The lowest BCUT2D eigenvalue weighted by Gasteiger charge is -2.32. The van der Waals surface area contributed by atoms with Crippen LogP contribution in [0.15, 0.2) is 36.1 Å².